The van der Waals surface area contributed by atoms with Crippen LogP contribution < -0.4 is 0 Å². The number of nitrogens with zero attached hydrogens (tertiary/aromatic N) is 1. The van der Waals surface area contributed by atoms with Crippen LogP contribution in [-0.2, 0) is 6.42 Å². The Balaban J connectivity index is 2.48. The molecule has 50 valence electrons. The maximum absolute atomic E-state index is 11.6. The summed E-state index contributed by atoms with van der Waals surface area (Å²) in [6, 6.07) is 0. The lowest BCUT2D eigenvalue weighted by atomic mass is 10.3. The van der Waals surface area contributed by atoms with E-state index in [0.717, 1.165) is 0 Å². The summed E-state index contributed by atoms with van der Waals surface area (Å²) in [5.74, 6) is 0. The van der Waals surface area contributed by atoms with Crippen LogP contribution in [0.4, 0.5) is 8.78 Å². The molecule has 9 heavy (non-hydrogen) atoms. The van der Waals surface area contributed by atoms with E-state index in [2.05, 4.69) is 9.97 Å². The van der Waals surface area contributed by atoms with Crippen molar-refractivity contribution >= 4 is 0 Å². The van der Waals surface area contributed by atoms with Crippen molar-refractivity contribution in [1.82, 2.24) is 9.97 Å². The Morgan fingerprint density at radius 2 is 2.44 bits per heavy atom. The molecular weight excluding hydrogens is 126 g/mol. The Hall–Kier alpha value is -0.930. The number of hydrogen-bond donors (Lipinski definition) is 1. The molecule has 0 aromatic carbocycles. The lowest BCUT2D eigenvalue weighted by Gasteiger charge is -1.91. The van der Waals surface area contributed by atoms with Crippen molar-refractivity contribution in [2.75, 3.05) is 0 Å². The molecular formula is C5H6F2N2. The van der Waals surface area contributed by atoms with Gasteiger partial charge in [-0.1, -0.05) is 0 Å². The highest BCUT2D eigenvalue weighted by atomic mass is 19.3. The topological polar surface area (TPSA) is 28.7 Å². The predicted octanol–water partition coefficient (Wildman–Crippen LogP) is 1.22. The molecule has 0 aliphatic rings. The molecule has 0 aliphatic heterocycles. The molecule has 1 aromatic rings. The van der Waals surface area contributed by atoms with Crippen molar-refractivity contribution in [3.63, 3.8) is 0 Å². The third-order valence-corrected chi connectivity index (χ3v) is 0.929. The average Bonchev–Trinajstić information content (AvgIpc) is 2.15. The van der Waals surface area contributed by atoms with Gasteiger partial charge in [-0.05, 0) is 0 Å². The number of aromatic amines is 1. The number of halogens is 2. The third kappa shape index (κ3) is 1.79. The second-order valence-electron chi connectivity index (χ2n) is 1.67. The minimum Gasteiger partial charge on any atom is -0.348 e. The predicted molar refractivity (Wildman–Crippen MR) is 28.3 cm³/mol. The van der Waals surface area contributed by atoms with E-state index >= 15 is 0 Å². The fourth-order valence-electron chi connectivity index (χ4n) is 0.563. The first-order valence-corrected chi connectivity index (χ1v) is 2.54. The minimum atomic E-state index is -2.29. The molecule has 1 heterocycles. The summed E-state index contributed by atoms with van der Waals surface area (Å²) in [6.07, 6.45) is 0.259. The van der Waals surface area contributed by atoms with Crippen LogP contribution in [0.3, 0.4) is 0 Å². The zero-order chi connectivity index (χ0) is 6.69. The maximum Gasteiger partial charge on any atom is 0.244 e. The Morgan fingerprint density at radius 1 is 1.67 bits per heavy atom. The summed E-state index contributed by atoms with van der Waals surface area (Å²) in [4.78, 5) is 6.16. The van der Waals surface area contributed by atoms with Gasteiger partial charge in [0.25, 0.3) is 0 Å². The van der Waals surface area contributed by atoms with Crippen LogP contribution in [0.15, 0.2) is 12.5 Å². The van der Waals surface area contributed by atoms with Crippen LogP contribution >= 0.6 is 0 Å². The number of hydrogen-bond acceptors (Lipinski definition) is 1. The third-order valence-electron chi connectivity index (χ3n) is 0.929. The zero-order valence-electron chi connectivity index (χ0n) is 4.64. The molecule has 0 bridgehead atoms. The first kappa shape index (κ1) is 6.19. The van der Waals surface area contributed by atoms with Gasteiger partial charge in [0.2, 0.25) is 6.43 Å². The molecule has 0 unspecified atom stereocenters. The van der Waals surface area contributed by atoms with Gasteiger partial charge in [-0.2, -0.15) is 0 Å². The van der Waals surface area contributed by atoms with Gasteiger partial charge in [0, 0.05) is 11.9 Å². The molecule has 4 heteroatoms. The Morgan fingerprint density at radius 3 is 2.89 bits per heavy atom. The number of nitrogens with one attached hydrogen (secondary N) is 1. The number of H-pyrrole nitrogens is 1. The normalized spacial score (nSPS) is 10.6. The molecule has 0 spiro atoms. The Labute approximate surface area is 50.9 Å². The summed E-state index contributed by atoms with van der Waals surface area (Å²) < 4.78 is 23.1. The molecule has 1 rings (SSSR count). The summed E-state index contributed by atoms with van der Waals surface area (Å²) >= 11 is 0. The number of alkyl halides is 2. The highest BCUT2D eigenvalue weighted by Crippen LogP contribution is 2.01. The molecule has 0 saturated heterocycles. The fourth-order valence-corrected chi connectivity index (χ4v) is 0.563. The first-order valence-electron chi connectivity index (χ1n) is 2.54. The molecule has 0 atom stereocenters. The summed E-state index contributed by atoms with van der Waals surface area (Å²) in [6.45, 7) is 0. The highest BCUT2D eigenvalue weighted by Gasteiger charge is 2.03. The van der Waals surface area contributed by atoms with Gasteiger partial charge >= 0.3 is 0 Å². The van der Waals surface area contributed by atoms with Crippen molar-refractivity contribution < 1.29 is 8.78 Å². The van der Waals surface area contributed by atoms with Gasteiger partial charge in [0.1, 0.15) is 0 Å². The molecule has 0 saturated carbocycles. The lowest BCUT2D eigenvalue weighted by molar-refractivity contribution is 0.148. The number of aromatic nitrogens is 2. The van der Waals surface area contributed by atoms with Crippen LogP contribution in [0, 0.1) is 0 Å². The van der Waals surface area contributed by atoms with E-state index in [-0.39, 0.29) is 6.42 Å². The minimum absolute atomic E-state index is 0.236. The molecule has 0 radical (unpaired) electrons. The van der Waals surface area contributed by atoms with Crippen LogP contribution in [0.5, 0.6) is 0 Å². The van der Waals surface area contributed by atoms with Crippen molar-refractivity contribution in [3.05, 3.63) is 18.2 Å². The van der Waals surface area contributed by atoms with Gasteiger partial charge in [-0.15, -0.1) is 0 Å². The average molecular weight is 132 g/mol. The van der Waals surface area contributed by atoms with E-state index in [0.29, 0.717) is 5.69 Å². The van der Waals surface area contributed by atoms with Crippen molar-refractivity contribution in [1.29, 1.82) is 0 Å². The molecule has 0 amide bonds. The monoisotopic (exact) mass is 132 g/mol. The van der Waals surface area contributed by atoms with Crippen LogP contribution in [0.25, 0.3) is 0 Å². The van der Waals surface area contributed by atoms with E-state index in [1.54, 1.807) is 0 Å². The van der Waals surface area contributed by atoms with E-state index in [9.17, 15) is 8.78 Å². The molecule has 0 aliphatic carbocycles. The quantitative estimate of drug-likeness (QED) is 0.643. The Bertz CT molecular complexity index is 159. The summed E-state index contributed by atoms with van der Waals surface area (Å²) in [7, 11) is 0. The highest BCUT2D eigenvalue weighted by molar-refractivity contribution is 4.94. The van der Waals surface area contributed by atoms with Crippen molar-refractivity contribution in [2.45, 2.75) is 12.8 Å². The van der Waals surface area contributed by atoms with Gasteiger partial charge in [0.15, 0.2) is 0 Å². The van der Waals surface area contributed by atoms with Gasteiger partial charge in [-0.3, -0.25) is 0 Å². The zero-order valence-corrected chi connectivity index (χ0v) is 4.64. The van der Waals surface area contributed by atoms with Crippen molar-refractivity contribution in [2.24, 2.45) is 0 Å². The summed E-state index contributed by atoms with van der Waals surface area (Å²) in [5.41, 5.74) is 0.477. The van der Waals surface area contributed by atoms with Gasteiger partial charge in [-0.25, -0.2) is 13.8 Å². The van der Waals surface area contributed by atoms with Crippen molar-refractivity contribution in [3.8, 4) is 0 Å². The molecule has 2 nitrogen and oxygen atoms in total. The van der Waals surface area contributed by atoms with E-state index in [4.69, 9.17) is 0 Å². The molecule has 0 fully saturated rings. The first-order chi connectivity index (χ1) is 4.29. The van der Waals surface area contributed by atoms with E-state index < -0.39 is 6.43 Å². The maximum atomic E-state index is 11.6. The standard InChI is InChI=1S/C5H6F2N2/c6-5(7)1-4-2-8-3-9-4/h2-3,5H,1H2,(H,8,9). The number of imidazole rings is 1. The second kappa shape index (κ2) is 2.57. The fraction of sp³-hybridized carbons (Fsp3) is 0.400. The summed E-state index contributed by atoms with van der Waals surface area (Å²) in [5, 5.41) is 0. The lowest BCUT2D eigenvalue weighted by Crippen LogP contribution is -1.95. The van der Waals surface area contributed by atoms with E-state index in [1.165, 1.54) is 12.5 Å². The number of rotatable bonds is 2. The van der Waals surface area contributed by atoms with E-state index in [1.807, 2.05) is 0 Å². The largest absolute Gasteiger partial charge is 0.348 e. The second-order valence-corrected chi connectivity index (χ2v) is 1.67. The van der Waals surface area contributed by atoms with Gasteiger partial charge < -0.3 is 4.98 Å². The van der Waals surface area contributed by atoms with Crippen LogP contribution in [-0.4, -0.2) is 16.4 Å². The Kier molecular flexibility index (Phi) is 1.77. The van der Waals surface area contributed by atoms with Crippen LogP contribution in [0.2, 0.25) is 0 Å². The SMILES string of the molecule is FC(F)Cc1cnc[nH]1. The molecule has 1 N–H and O–H groups in total. The van der Waals surface area contributed by atoms with Gasteiger partial charge in [0.05, 0.1) is 12.7 Å². The molecule has 1 aromatic heterocycles. The van der Waals surface area contributed by atoms with Crippen LogP contribution in [0.1, 0.15) is 5.69 Å². The smallest absolute Gasteiger partial charge is 0.244 e.